The Kier molecular flexibility index (Phi) is 6.89. The summed E-state index contributed by atoms with van der Waals surface area (Å²) >= 11 is 0. The van der Waals surface area contributed by atoms with Gasteiger partial charge in [-0.15, -0.1) is 5.10 Å². The second-order valence-electron chi connectivity index (χ2n) is 6.91. The quantitative estimate of drug-likeness (QED) is 0.433. The second kappa shape index (κ2) is 9.13. The molecule has 9 heteroatoms. The monoisotopic (exact) mass is 374 g/mol. The van der Waals surface area contributed by atoms with Gasteiger partial charge in [-0.2, -0.15) is 0 Å². The van der Waals surface area contributed by atoms with Crippen LogP contribution in [0.5, 0.6) is 0 Å². The van der Waals surface area contributed by atoms with Crippen molar-refractivity contribution in [2.24, 2.45) is 5.92 Å². The lowest BCUT2D eigenvalue weighted by Gasteiger charge is -2.18. The highest BCUT2D eigenvalue weighted by molar-refractivity contribution is 5.86. The van der Waals surface area contributed by atoms with Crippen molar-refractivity contribution in [2.75, 3.05) is 0 Å². The zero-order valence-corrected chi connectivity index (χ0v) is 16.0. The highest BCUT2D eigenvalue weighted by Gasteiger charge is 2.21. The number of nitrogens with zero attached hydrogens (tertiary/aromatic N) is 3. The Balaban J connectivity index is 1.94. The summed E-state index contributed by atoms with van der Waals surface area (Å²) in [4.78, 5) is 23.7. The zero-order chi connectivity index (χ0) is 20.0. The van der Waals surface area contributed by atoms with E-state index in [0.29, 0.717) is 12.1 Å². The molecule has 27 heavy (non-hydrogen) atoms. The molecule has 0 aliphatic rings. The van der Waals surface area contributed by atoms with E-state index in [1.807, 2.05) is 45.9 Å². The maximum Gasteiger partial charge on any atom is 0.315 e. The fourth-order valence-electron chi connectivity index (χ4n) is 2.53. The van der Waals surface area contributed by atoms with Crippen molar-refractivity contribution in [3.05, 3.63) is 41.2 Å². The third kappa shape index (κ3) is 5.78. The van der Waals surface area contributed by atoms with Gasteiger partial charge in [0, 0.05) is 0 Å². The molecule has 3 amide bonds. The Morgan fingerprint density at radius 1 is 1.22 bits per heavy atom. The Labute approximate surface area is 158 Å². The highest BCUT2D eigenvalue weighted by atomic mass is 16.5. The molecule has 1 atom stereocenters. The average Bonchev–Trinajstić information content (AvgIpc) is 3.09. The molecule has 0 saturated carbocycles. The van der Waals surface area contributed by atoms with E-state index in [4.69, 9.17) is 5.21 Å². The number of hydrogen-bond acceptors (Lipinski definition) is 5. The Morgan fingerprint density at radius 3 is 2.59 bits per heavy atom. The molecule has 0 saturated heterocycles. The number of carbonyl (C=O) groups excluding carboxylic acids is 2. The Bertz CT molecular complexity index is 802. The van der Waals surface area contributed by atoms with Crippen molar-refractivity contribution in [2.45, 2.75) is 46.7 Å². The van der Waals surface area contributed by atoms with E-state index in [-0.39, 0.29) is 12.5 Å². The molecule has 2 aromatic rings. The molecule has 1 heterocycles. The summed E-state index contributed by atoms with van der Waals surface area (Å²) in [5.41, 5.74) is 5.39. The van der Waals surface area contributed by atoms with E-state index < -0.39 is 18.0 Å². The minimum Gasteiger partial charge on any atom is -0.332 e. The van der Waals surface area contributed by atoms with Crippen molar-refractivity contribution in [3.8, 4) is 5.69 Å². The fraction of sp³-hybridized carbons (Fsp3) is 0.444. The maximum absolute atomic E-state index is 12.0. The molecule has 4 N–H and O–H groups in total. The van der Waals surface area contributed by atoms with Gasteiger partial charge in [-0.3, -0.25) is 10.0 Å². The van der Waals surface area contributed by atoms with E-state index in [1.54, 1.807) is 16.4 Å². The van der Waals surface area contributed by atoms with Gasteiger partial charge in [0.2, 0.25) is 0 Å². The van der Waals surface area contributed by atoms with Crippen molar-refractivity contribution in [1.29, 1.82) is 0 Å². The normalized spacial score (nSPS) is 11.9. The first-order chi connectivity index (χ1) is 12.8. The fourth-order valence-corrected chi connectivity index (χ4v) is 2.53. The van der Waals surface area contributed by atoms with Crippen molar-refractivity contribution >= 4 is 11.9 Å². The van der Waals surface area contributed by atoms with Crippen LogP contribution in [0.4, 0.5) is 4.79 Å². The number of nitrogens with one attached hydrogen (secondary N) is 3. The summed E-state index contributed by atoms with van der Waals surface area (Å²) in [6, 6.07) is 4.63. The maximum atomic E-state index is 12.0. The van der Waals surface area contributed by atoms with Gasteiger partial charge in [-0.05, 0) is 49.4 Å². The van der Waals surface area contributed by atoms with Crippen LogP contribution in [0, 0.1) is 19.8 Å². The molecule has 0 aliphatic heterocycles. The number of aryl methyl sites for hydroxylation is 2. The summed E-state index contributed by atoms with van der Waals surface area (Å²) in [5.74, 6) is -0.481. The molecule has 1 aromatic carbocycles. The van der Waals surface area contributed by atoms with Crippen LogP contribution in [-0.4, -0.2) is 38.2 Å². The number of rotatable bonds is 7. The van der Waals surface area contributed by atoms with Crippen LogP contribution in [0.2, 0.25) is 0 Å². The topological polar surface area (TPSA) is 121 Å². The molecule has 0 bridgehead atoms. The van der Waals surface area contributed by atoms with Crippen LogP contribution in [0.15, 0.2) is 24.4 Å². The first kappa shape index (κ1) is 20.4. The summed E-state index contributed by atoms with van der Waals surface area (Å²) in [7, 11) is 0. The molecule has 0 fully saturated rings. The van der Waals surface area contributed by atoms with Gasteiger partial charge in [-0.1, -0.05) is 25.1 Å². The van der Waals surface area contributed by atoms with E-state index >= 15 is 0 Å². The van der Waals surface area contributed by atoms with Crippen molar-refractivity contribution in [3.63, 3.8) is 0 Å². The first-order valence-electron chi connectivity index (χ1n) is 8.77. The minimum atomic E-state index is -0.818. The van der Waals surface area contributed by atoms with Gasteiger partial charge >= 0.3 is 6.03 Å². The average molecular weight is 374 g/mol. The molecular weight excluding hydrogens is 348 g/mol. The number of urea groups is 1. The van der Waals surface area contributed by atoms with Gasteiger partial charge < -0.3 is 10.6 Å². The summed E-state index contributed by atoms with van der Waals surface area (Å²) in [6.45, 7) is 8.06. The summed E-state index contributed by atoms with van der Waals surface area (Å²) in [6.07, 6.45) is 2.14. The van der Waals surface area contributed by atoms with Crippen LogP contribution in [0.1, 0.15) is 37.1 Å². The summed E-state index contributed by atoms with van der Waals surface area (Å²) < 4.78 is 1.64. The Morgan fingerprint density at radius 2 is 1.96 bits per heavy atom. The number of aromatic nitrogens is 3. The Hall–Kier alpha value is -2.94. The molecule has 0 radical (unpaired) electrons. The van der Waals surface area contributed by atoms with Gasteiger partial charge in [0.1, 0.15) is 11.7 Å². The molecule has 1 aromatic heterocycles. The van der Waals surface area contributed by atoms with Gasteiger partial charge in [0.25, 0.3) is 5.91 Å². The third-order valence-electron chi connectivity index (χ3n) is 4.17. The van der Waals surface area contributed by atoms with Gasteiger partial charge in [0.05, 0.1) is 18.4 Å². The smallest absolute Gasteiger partial charge is 0.315 e. The lowest BCUT2D eigenvalue weighted by molar-refractivity contribution is -0.131. The van der Waals surface area contributed by atoms with E-state index in [2.05, 4.69) is 20.9 Å². The minimum absolute atomic E-state index is 0.159. The van der Waals surface area contributed by atoms with Crippen LogP contribution in [-0.2, 0) is 11.3 Å². The highest BCUT2D eigenvalue weighted by Crippen LogP contribution is 2.13. The van der Waals surface area contributed by atoms with E-state index in [0.717, 1.165) is 11.3 Å². The van der Waals surface area contributed by atoms with Crippen molar-refractivity contribution < 1.29 is 14.8 Å². The van der Waals surface area contributed by atoms with E-state index in [1.165, 1.54) is 5.56 Å². The molecular formula is C18H26N6O3. The predicted molar refractivity (Wildman–Crippen MR) is 99.4 cm³/mol. The molecule has 146 valence electrons. The van der Waals surface area contributed by atoms with Gasteiger partial charge in [0.15, 0.2) is 0 Å². The van der Waals surface area contributed by atoms with Crippen molar-refractivity contribution in [1.82, 2.24) is 31.1 Å². The SMILES string of the molecule is Cc1ccc(-n2cc(CNC(=O)N[C@@H](CC(C)C)C(=O)NO)nn2)cc1C. The molecule has 9 nitrogen and oxygen atoms in total. The summed E-state index contributed by atoms with van der Waals surface area (Å²) in [5, 5.41) is 22.1. The molecule has 0 unspecified atom stereocenters. The third-order valence-corrected chi connectivity index (χ3v) is 4.17. The zero-order valence-electron chi connectivity index (χ0n) is 16.0. The number of carbonyl (C=O) groups is 2. The predicted octanol–water partition coefficient (Wildman–Crippen LogP) is 1.60. The number of hydroxylamine groups is 1. The lowest BCUT2D eigenvalue weighted by atomic mass is 10.0. The molecule has 0 spiro atoms. The number of hydrogen-bond donors (Lipinski definition) is 4. The van der Waals surface area contributed by atoms with Gasteiger partial charge in [-0.25, -0.2) is 15.0 Å². The molecule has 0 aliphatic carbocycles. The molecule has 2 rings (SSSR count). The van der Waals surface area contributed by atoms with Crippen LogP contribution in [0.3, 0.4) is 0 Å². The number of benzene rings is 1. The first-order valence-corrected chi connectivity index (χ1v) is 8.77. The van der Waals surface area contributed by atoms with Crippen LogP contribution < -0.4 is 16.1 Å². The number of amides is 3. The van der Waals surface area contributed by atoms with Crippen LogP contribution in [0.25, 0.3) is 5.69 Å². The van der Waals surface area contributed by atoms with Crippen LogP contribution >= 0.6 is 0 Å². The lowest BCUT2D eigenvalue weighted by Crippen LogP contribution is -2.49. The largest absolute Gasteiger partial charge is 0.332 e. The standard InChI is InChI=1S/C18H26N6O3/c1-11(2)7-16(17(25)22-27)20-18(26)19-9-14-10-24(23-21-14)15-6-5-12(3)13(4)8-15/h5-6,8,10-11,16,27H,7,9H2,1-4H3,(H,22,25)(H2,19,20,26)/t16-/m0/s1. The second-order valence-corrected chi connectivity index (χ2v) is 6.91. The van der Waals surface area contributed by atoms with E-state index in [9.17, 15) is 9.59 Å².